The predicted molar refractivity (Wildman–Crippen MR) is 81.2 cm³/mol. The molecule has 1 aliphatic carbocycles. The van der Waals surface area contributed by atoms with Crippen LogP contribution in [0, 0.1) is 5.92 Å². The normalized spacial score (nSPS) is 33.1. The summed E-state index contributed by atoms with van der Waals surface area (Å²) >= 11 is 0. The van der Waals surface area contributed by atoms with E-state index in [2.05, 4.69) is 0 Å². The van der Waals surface area contributed by atoms with Crippen molar-refractivity contribution in [3.63, 3.8) is 0 Å². The molecule has 0 radical (unpaired) electrons. The maximum Gasteiger partial charge on any atom is 0.351 e. The van der Waals surface area contributed by atoms with E-state index in [1.165, 1.54) is 7.11 Å². The molecule has 136 valence electrons. The van der Waals surface area contributed by atoms with Gasteiger partial charge in [0.25, 0.3) is 5.60 Å². The van der Waals surface area contributed by atoms with Crippen LogP contribution in [0.3, 0.4) is 0 Å². The van der Waals surface area contributed by atoms with Crippen LogP contribution in [0.1, 0.15) is 32.6 Å². The number of hydrogen-bond donors (Lipinski definition) is 0. The Morgan fingerprint density at radius 1 is 1.16 bits per heavy atom. The number of Topliss-reactive ketones (excluding diaryl/α,β-unsaturated/α-hetero) is 1. The van der Waals surface area contributed by atoms with E-state index in [-0.39, 0.29) is 24.5 Å². The fourth-order valence-electron chi connectivity index (χ4n) is 4.32. The van der Waals surface area contributed by atoms with Crippen molar-refractivity contribution in [1.29, 1.82) is 0 Å². The fraction of sp³-hybridized carbons (Fsp3) is 0.647. The van der Waals surface area contributed by atoms with Gasteiger partial charge in [0, 0.05) is 6.42 Å². The third-order valence-electron chi connectivity index (χ3n) is 5.29. The van der Waals surface area contributed by atoms with Crippen molar-refractivity contribution in [2.75, 3.05) is 20.8 Å². The minimum absolute atomic E-state index is 0.00430. The SMILES string of the molecule is CCOC(=O)[C@]12O[C@@]3(CCC[C@H]3CC1=O)C(C(=O)OC)=C2C(=O)OC. The summed E-state index contributed by atoms with van der Waals surface area (Å²) in [6.07, 6.45) is 1.79. The number of hydrogen-bond acceptors (Lipinski definition) is 8. The second kappa shape index (κ2) is 5.94. The first-order valence-corrected chi connectivity index (χ1v) is 8.21. The number of rotatable bonds is 4. The maximum atomic E-state index is 12.9. The van der Waals surface area contributed by atoms with Gasteiger partial charge in [-0.3, -0.25) is 4.79 Å². The summed E-state index contributed by atoms with van der Waals surface area (Å²) in [6.45, 7) is 1.57. The topological polar surface area (TPSA) is 105 Å². The molecule has 0 amide bonds. The molecule has 2 fully saturated rings. The maximum absolute atomic E-state index is 12.9. The van der Waals surface area contributed by atoms with Crippen molar-refractivity contribution < 1.29 is 38.1 Å². The van der Waals surface area contributed by atoms with Crippen LogP contribution >= 0.6 is 0 Å². The van der Waals surface area contributed by atoms with Gasteiger partial charge in [-0.15, -0.1) is 0 Å². The molecular weight excluding hydrogens is 332 g/mol. The predicted octanol–water partition coefficient (Wildman–Crippen LogP) is 0.473. The van der Waals surface area contributed by atoms with Gasteiger partial charge < -0.3 is 18.9 Å². The van der Waals surface area contributed by atoms with E-state index >= 15 is 0 Å². The summed E-state index contributed by atoms with van der Waals surface area (Å²) in [5, 5.41) is 0. The lowest BCUT2D eigenvalue weighted by molar-refractivity contribution is -0.196. The van der Waals surface area contributed by atoms with Gasteiger partial charge in [-0.25, -0.2) is 14.4 Å². The summed E-state index contributed by atoms with van der Waals surface area (Å²) in [6, 6.07) is 0. The van der Waals surface area contributed by atoms with Gasteiger partial charge in [-0.05, 0) is 32.1 Å². The highest BCUT2D eigenvalue weighted by molar-refractivity contribution is 6.22. The minimum atomic E-state index is -2.26. The Labute approximate surface area is 144 Å². The Morgan fingerprint density at radius 3 is 2.40 bits per heavy atom. The van der Waals surface area contributed by atoms with Crippen LogP contribution in [0.15, 0.2) is 11.1 Å². The lowest BCUT2D eigenvalue weighted by Crippen LogP contribution is -2.58. The van der Waals surface area contributed by atoms with Crippen molar-refractivity contribution in [2.45, 2.75) is 43.8 Å². The summed E-state index contributed by atoms with van der Waals surface area (Å²) in [4.78, 5) is 50.6. The van der Waals surface area contributed by atoms with E-state index in [4.69, 9.17) is 18.9 Å². The van der Waals surface area contributed by atoms with Gasteiger partial charge in [-0.1, -0.05) is 0 Å². The second-order valence-corrected chi connectivity index (χ2v) is 6.34. The van der Waals surface area contributed by atoms with Gasteiger partial charge >= 0.3 is 17.9 Å². The number of fused-ring (bicyclic) bond motifs is 1. The molecule has 8 nitrogen and oxygen atoms in total. The zero-order chi connectivity index (χ0) is 18.4. The third-order valence-corrected chi connectivity index (χ3v) is 5.29. The molecule has 3 atom stereocenters. The lowest BCUT2D eigenvalue weighted by Gasteiger charge is -2.41. The summed E-state index contributed by atoms with van der Waals surface area (Å²) in [7, 11) is 2.28. The average Bonchev–Trinajstić information content (AvgIpc) is 3.13. The van der Waals surface area contributed by atoms with E-state index in [9.17, 15) is 19.2 Å². The van der Waals surface area contributed by atoms with E-state index in [1.807, 2.05) is 0 Å². The van der Waals surface area contributed by atoms with Crippen LogP contribution < -0.4 is 0 Å². The van der Waals surface area contributed by atoms with Gasteiger partial charge in [0.15, 0.2) is 5.78 Å². The van der Waals surface area contributed by atoms with Gasteiger partial charge in [0.1, 0.15) is 11.2 Å². The quantitative estimate of drug-likeness (QED) is 0.408. The monoisotopic (exact) mass is 352 g/mol. The van der Waals surface area contributed by atoms with E-state index in [0.29, 0.717) is 19.3 Å². The molecule has 0 aromatic heterocycles. The van der Waals surface area contributed by atoms with Crippen LogP contribution in [0.2, 0.25) is 0 Å². The molecule has 0 aromatic rings. The van der Waals surface area contributed by atoms with Crippen LogP contribution in [0.5, 0.6) is 0 Å². The molecule has 1 saturated heterocycles. The van der Waals surface area contributed by atoms with E-state index in [1.54, 1.807) is 6.92 Å². The standard InChI is InChI=1S/C17H20O8/c1-4-24-15(21)17-10(18)8-9-6-5-7-16(9,25-17)11(13(19)22-2)12(17)14(20)23-3/h9H,4-8H2,1-3H3/t9-,16+,17-/m0/s1. The Morgan fingerprint density at radius 2 is 1.80 bits per heavy atom. The molecule has 0 unspecified atom stereocenters. The number of ether oxygens (including phenoxy) is 4. The molecular formula is C17H20O8. The Balaban J connectivity index is 2.32. The number of carbonyl (C=O) groups is 4. The first-order chi connectivity index (χ1) is 11.9. The first kappa shape index (κ1) is 17.6. The lowest BCUT2D eigenvalue weighted by atomic mass is 9.80. The molecule has 8 heteroatoms. The zero-order valence-electron chi connectivity index (χ0n) is 14.4. The molecule has 3 rings (SSSR count). The van der Waals surface area contributed by atoms with Crippen LogP contribution in [-0.2, 0) is 38.1 Å². The highest BCUT2D eigenvalue weighted by atomic mass is 16.6. The van der Waals surface area contributed by atoms with Crippen LogP contribution in [0.4, 0.5) is 0 Å². The molecule has 2 bridgehead atoms. The van der Waals surface area contributed by atoms with Crippen LogP contribution in [0.25, 0.3) is 0 Å². The molecule has 25 heavy (non-hydrogen) atoms. The first-order valence-electron chi connectivity index (χ1n) is 8.21. The summed E-state index contributed by atoms with van der Waals surface area (Å²) in [5.41, 5.74) is -3.93. The van der Waals surface area contributed by atoms with Crippen molar-refractivity contribution in [2.24, 2.45) is 5.92 Å². The minimum Gasteiger partial charge on any atom is -0.466 e. The number of methoxy groups -OCH3 is 2. The van der Waals surface area contributed by atoms with Gasteiger partial charge in [0.2, 0.25) is 0 Å². The largest absolute Gasteiger partial charge is 0.466 e. The second-order valence-electron chi connectivity index (χ2n) is 6.34. The van der Waals surface area contributed by atoms with Crippen molar-refractivity contribution >= 4 is 23.7 Å². The summed E-state index contributed by atoms with van der Waals surface area (Å²) < 4.78 is 20.6. The van der Waals surface area contributed by atoms with Crippen molar-refractivity contribution in [3.8, 4) is 0 Å². The summed E-state index contributed by atoms with van der Waals surface area (Å²) in [5.74, 6) is -3.64. The van der Waals surface area contributed by atoms with E-state index < -0.39 is 40.5 Å². The molecule has 2 heterocycles. The fourth-order valence-corrected chi connectivity index (χ4v) is 4.32. The Bertz CT molecular complexity index is 693. The highest BCUT2D eigenvalue weighted by Gasteiger charge is 2.73. The van der Waals surface area contributed by atoms with Gasteiger partial charge in [0.05, 0.1) is 26.4 Å². The number of ketones is 1. The molecule has 1 saturated carbocycles. The number of esters is 3. The number of carbonyl (C=O) groups excluding carboxylic acids is 4. The van der Waals surface area contributed by atoms with Crippen molar-refractivity contribution in [3.05, 3.63) is 11.1 Å². The molecule has 0 aromatic carbocycles. The molecule has 2 aliphatic heterocycles. The Kier molecular flexibility index (Phi) is 4.18. The average molecular weight is 352 g/mol. The van der Waals surface area contributed by atoms with Crippen LogP contribution in [-0.4, -0.2) is 55.7 Å². The molecule has 0 N–H and O–H groups in total. The third kappa shape index (κ3) is 2.09. The highest BCUT2D eigenvalue weighted by Crippen LogP contribution is 2.59. The van der Waals surface area contributed by atoms with E-state index in [0.717, 1.165) is 7.11 Å². The van der Waals surface area contributed by atoms with Crippen molar-refractivity contribution in [1.82, 2.24) is 0 Å². The Hall–Kier alpha value is -2.22. The van der Waals surface area contributed by atoms with Gasteiger partial charge in [-0.2, -0.15) is 0 Å². The smallest absolute Gasteiger partial charge is 0.351 e. The zero-order valence-corrected chi connectivity index (χ0v) is 14.4. The molecule has 3 aliphatic rings. The molecule has 1 spiro atoms.